The van der Waals surface area contributed by atoms with E-state index in [-0.39, 0.29) is 6.61 Å². The highest BCUT2D eigenvalue weighted by Crippen LogP contribution is 2.43. The van der Waals surface area contributed by atoms with Crippen LogP contribution in [0.5, 0.6) is 0 Å². The molecule has 0 fully saturated rings. The van der Waals surface area contributed by atoms with Crippen LogP contribution in [0, 0.1) is 5.92 Å². The van der Waals surface area contributed by atoms with Crippen molar-refractivity contribution in [2.75, 3.05) is 19.8 Å². The molecule has 0 amide bonds. The maximum absolute atomic E-state index is 11.3. The molecule has 36 heavy (non-hydrogen) atoms. The first-order valence-electron chi connectivity index (χ1n) is 15.7. The Bertz CT molecular complexity index is 433. The Hall–Kier alpha value is 0.0700. The van der Waals surface area contributed by atoms with Gasteiger partial charge in [0.25, 0.3) is 0 Å². The van der Waals surface area contributed by atoms with Crippen LogP contribution in [0.3, 0.4) is 0 Å². The summed E-state index contributed by atoms with van der Waals surface area (Å²) in [5.41, 5.74) is 5.48. The average molecular weight is 536 g/mol. The molecule has 0 rings (SSSR count). The van der Waals surface area contributed by atoms with Crippen LogP contribution in [-0.4, -0.2) is 24.7 Å². The van der Waals surface area contributed by atoms with Gasteiger partial charge in [-0.15, -0.1) is 0 Å². The summed E-state index contributed by atoms with van der Waals surface area (Å²) in [6.07, 6.45) is 28.8. The number of unbranched alkanes of at least 4 members (excludes halogenated alkanes) is 18. The summed E-state index contributed by atoms with van der Waals surface area (Å²) in [5.74, 6) is 0.720. The van der Waals surface area contributed by atoms with E-state index in [4.69, 9.17) is 14.8 Å². The van der Waals surface area contributed by atoms with Crippen molar-refractivity contribution in [2.45, 2.75) is 169 Å². The van der Waals surface area contributed by atoms with Gasteiger partial charge in [0.1, 0.15) is 0 Å². The fourth-order valence-corrected chi connectivity index (χ4v) is 4.86. The maximum Gasteiger partial charge on any atom is 0.472 e. The van der Waals surface area contributed by atoms with Crippen LogP contribution in [0.4, 0.5) is 0 Å². The average Bonchev–Trinajstić information content (AvgIpc) is 2.84. The van der Waals surface area contributed by atoms with Gasteiger partial charge in [-0.05, 0) is 31.7 Å². The van der Waals surface area contributed by atoms with E-state index in [9.17, 15) is 9.46 Å². The Morgan fingerprint density at radius 2 is 0.944 bits per heavy atom. The lowest BCUT2D eigenvalue weighted by Gasteiger charge is -2.11. The minimum Gasteiger partial charge on any atom is -0.330 e. The maximum atomic E-state index is 11.3. The van der Waals surface area contributed by atoms with Crippen LogP contribution in [0.15, 0.2) is 0 Å². The Labute approximate surface area is 226 Å². The zero-order valence-corrected chi connectivity index (χ0v) is 25.8. The molecule has 0 saturated carbocycles. The van der Waals surface area contributed by atoms with Crippen LogP contribution in [0.2, 0.25) is 0 Å². The number of phosphoric acid groups is 1. The Morgan fingerprint density at radius 3 is 1.33 bits per heavy atom. The van der Waals surface area contributed by atoms with Gasteiger partial charge >= 0.3 is 7.82 Å². The van der Waals surface area contributed by atoms with E-state index in [1.54, 1.807) is 0 Å². The summed E-state index contributed by atoms with van der Waals surface area (Å²) >= 11 is 0. The third kappa shape index (κ3) is 36.2. The smallest absolute Gasteiger partial charge is 0.330 e. The highest BCUT2D eigenvalue weighted by Gasteiger charge is 2.19. The van der Waals surface area contributed by atoms with Crippen molar-refractivity contribution in [1.29, 1.82) is 0 Å². The molecule has 1 unspecified atom stereocenters. The lowest BCUT2D eigenvalue weighted by molar-refractivity contribution is 0.145. The van der Waals surface area contributed by atoms with Crippen LogP contribution in [-0.2, 0) is 13.6 Å². The number of rotatable bonds is 27. The summed E-state index contributed by atoms with van der Waals surface area (Å²) < 4.78 is 21.0. The molecule has 0 aliphatic heterocycles. The predicted octanol–water partition coefficient (Wildman–Crippen LogP) is 10.3. The van der Waals surface area contributed by atoms with E-state index in [0.29, 0.717) is 6.61 Å². The van der Waals surface area contributed by atoms with Crippen molar-refractivity contribution < 1.29 is 18.5 Å². The minimum absolute atomic E-state index is 0.289. The van der Waals surface area contributed by atoms with E-state index in [1.165, 1.54) is 109 Å². The normalized spacial score (nSPS) is 13.0. The standard InChI is InChI=1S/C18H39N.C12H27O4P/c1-2-3-4-5-6-7-8-9-10-11-12-13-14-15-16-17-18-19;1-4-5-10-15-17(13,14)16-11-8-6-7-9-12(2)3/h2-19H2,1H3;12H,4-11H2,1-3H3,(H,13,14). The Balaban J connectivity index is 0. The quantitative estimate of drug-likeness (QED) is 0.0807. The molecule has 6 heteroatoms. The van der Waals surface area contributed by atoms with Crippen molar-refractivity contribution in [1.82, 2.24) is 0 Å². The van der Waals surface area contributed by atoms with Crippen molar-refractivity contribution in [2.24, 2.45) is 11.7 Å². The third-order valence-corrected chi connectivity index (χ3v) is 7.51. The molecule has 0 aliphatic rings. The van der Waals surface area contributed by atoms with E-state index in [2.05, 4.69) is 20.8 Å². The number of phosphoric ester groups is 1. The topological polar surface area (TPSA) is 81.8 Å². The van der Waals surface area contributed by atoms with Gasteiger partial charge in [-0.2, -0.15) is 0 Å². The molecular formula is C30H66NO4P. The molecule has 220 valence electrons. The Kier molecular flexibility index (Phi) is 33.2. The molecule has 0 aromatic rings. The van der Waals surface area contributed by atoms with Gasteiger partial charge in [-0.25, -0.2) is 4.57 Å². The van der Waals surface area contributed by atoms with Gasteiger partial charge in [0.2, 0.25) is 0 Å². The first kappa shape index (κ1) is 38.2. The van der Waals surface area contributed by atoms with Crippen LogP contribution >= 0.6 is 7.82 Å². The molecular weight excluding hydrogens is 469 g/mol. The molecule has 0 saturated heterocycles. The molecule has 0 radical (unpaired) electrons. The summed E-state index contributed by atoms with van der Waals surface area (Å²) in [6.45, 7) is 10.1. The molecule has 3 N–H and O–H groups in total. The second-order valence-corrected chi connectivity index (χ2v) is 12.3. The number of hydrogen-bond acceptors (Lipinski definition) is 4. The Morgan fingerprint density at radius 1 is 0.583 bits per heavy atom. The summed E-state index contributed by atoms with van der Waals surface area (Å²) in [5, 5.41) is 0. The van der Waals surface area contributed by atoms with Crippen molar-refractivity contribution >= 4 is 7.82 Å². The van der Waals surface area contributed by atoms with Gasteiger partial charge in [0.15, 0.2) is 0 Å². The highest BCUT2D eigenvalue weighted by molar-refractivity contribution is 7.47. The van der Waals surface area contributed by atoms with E-state index in [1.807, 2.05) is 6.92 Å². The van der Waals surface area contributed by atoms with Crippen molar-refractivity contribution in [3.05, 3.63) is 0 Å². The fourth-order valence-electron chi connectivity index (χ4n) is 4.07. The molecule has 0 bridgehead atoms. The largest absolute Gasteiger partial charge is 0.472 e. The lowest BCUT2D eigenvalue weighted by Crippen LogP contribution is -1.99. The van der Waals surface area contributed by atoms with Crippen molar-refractivity contribution in [3.8, 4) is 0 Å². The molecule has 0 aliphatic carbocycles. The monoisotopic (exact) mass is 535 g/mol. The third-order valence-electron chi connectivity index (χ3n) is 6.49. The van der Waals surface area contributed by atoms with Crippen LogP contribution in [0.25, 0.3) is 0 Å². The fraction of sp³-hybridized carbons (Fsp3) is 1.00. The van der Waals surface area contributed by atoms with E-state index < -0.39 is 7.82 Å². The van der Waals surface area contributed by atoms with Crippen molar-refractivity contribution in [3.63, 3.8) is 0 Å². The zero-order chi connectivity index (χ0) is 27.2. The highest BCUT2D eigenvalue weighted by atomic mass is 31.2. The lowest BCUT2D eigenvalue weighted by atomic mass is 10.0. The van der Waals surface area contributed by atoms with Gasteiger partial charge in [-0.1, -0.05) is 150 Å². The van der Waals surface area contributed by atoms with Crippen LogP contribution < -0.4 is 5.73 Å². The first-order chi connectivity index (χ1) is 17.4. The molecule has 1 atom stereocenters. The van der Waals surface area contributed by atoms with Gasteiger partial charge in [-0.3, -0.25) is 9.05 Å². The van der Waals surface area contributed by atoms with E-state index >= 15 is 0 Å². The van der Waals surface area contributed by atoms with Gasteiger partial charge in [0, 0.05) is 0 Å². The molecule has 0 spiro atoms. The second kappa shape index (κ2) is 31.3. The second-order valence-electron chi connectivity index (χ2n) is 10.8. The molecule has 5 nitrogen and oxygen atoms in total. The van der Waals surface area contributed by atoms with Gasteiger partial charge < -0.3 is 10.6 Å². The van der Waals surface area contributed by atoms with Gasteiger partial charge in [0.05, 0.1) is 13.2 Å². The first-order valence-corrected chi connectivity index (χ1v) is 17.2. The predicted molar refractivity (Wildman–Crippen MR) is 159 cm³/mol. The minimum atomic E-state index is -3.79. The summed E-state index contributed by atoms with van der Waals surface area (Å²) in [6, 6.07) is 0. The van der Waals surface area contributed by atoms with Crippen LogP contribution in [0.1, 0.15) is 169 Å². The number of nitrogens with two attached hydrogens (primary N) is 1. The number of hydrogen-bond donors (Lipinski definition) is 2. The molecule has 0 aromatic heterocycles. The zero-order valence-electron chi connectivity index (χ0n) is 25.0. The van der Waals surface area contributed by atoms with E-state index in [0.717, 1.165) is 44.6 Å². The molecule has 0 heterocycles. The summed E-state index contributed by atoms with van der Waals surface area (Å²) in [4.78, 5) is 9.30. The summed E-state index contributed by atoms with van der Waals surface area (Å²) in [7, 11) is -3.79. The SMILES string of the molecule is CCCCCCCCCCCCCCCCCCN.CCCCOP(=O)(O)OCCCCCC(C)C. The molecule has 0 aromatic carbocycles.